The molecule has 0 saturated carbocycles. The van der Waals surface area contributed by atoms with Gasteiger partial charge in [0.25, 0.3) is 0 Å². The van der Waals surface area contributed by atoms with Gasteiger partial charge in [0.05, 0.1) is 0 Å². The molecule has 0 unspecified atom stereocenters. The Bertz CT molecular complexity index is 839. The van der Waals surface area contributed by atoms with Gasteiger partial charge in [-0.15, -0.1) is 0 Å². The molecule has 0 radical (unpaired) electrons. The molecule has 126 valence electrons. The fraction of sp³-hybridized carbons (Fsp3) is 0.444. The standard InChI is InChI=1S/C18H19F2N3O/c1-10-6-16(14-7-12(19)8-15(20)17(14)21-10)23-9-13-4-3-5-22(13)18(24)11(23)2/h6-8,11,13H,3-5,9H2,1-2H3/t11-,13-/m0/s1. The van der Waals surface area contributed by atoms with Crippen LogP contribution in [0.15, 0.2) is 18.2 Å². The van der Waals surface area contributed by atoms with Crippen LogP contribution in [0.2, 0.25) is 0 Å². The quantitative estimate of drug-likeness (QED) is 0.806. The van der Waals surface area contributed by atoms with Gasteiger partial charge in [-0.1, -0.05) is 0 Å². The zero-order valence-electron chi connectivity index (χ0n) is 13.7. The molecule has 1 amide bonds. The average Bonchev–Trinajstić information content (AvgIpc) is 3.00. The maximum Gasteiger partial charge on any atom is 0.245 e. The molecule has 0 N–H and O–H groups in total. The number of nitrogens with zero attached hydrogens (tertiary/aromatic N) is 3. The van der Waals surface area contributed by atoms with Crippen LogP contribution >= 0.6 is 0 Å². The summed E-state index contributed by atoms with van der Waals surface area (Å²) in [6, 6.07) is 3.79. The number of piperazine rings is 1. The largest absolute Gasteiger partial charge is 0.357 e. The minimum atomic E-state index is -0.673. The highest BCUT2D eigenvalue weighted by Crippen LogP contribution is 2.35. The summed E-state index contributed by atoms with van der Waals surface area (Å²) in [6.45, 7) is 5.13. The number of pyridine rings is 1. The van der Waals surface area contributed by atoms with Crippen molar-refractivity contribution in [3.8, 4) is 0 Å². The summed E-state index contributed by atoms with van der Waals surface area (Å²) in [6.07, 6.45) is 1.98. The SMILES string of the molecule is Cc1cc(N2C[C@@H]3CCCN3C(=O)[C@@H]2C)c2cc(F)cc(F)c2n1. The van der Waals surface area contributed by atoms with Gasteiger partial charge in [-0.05, 0) is 38.8 Å². The van der Waals surface area contributed by atoms with Crippen LogP contribution < -0.4 is 4.90 Å². The van der Waals surface area contributed by atoms with E-state index in [0.717, 1.165) is 25.5 Å². The molecule has 0 bridgehead atoms. The molecule has 24 heavy (non-hydrogen) atoms. The number of benzene rings is 1. The fourth-order valence-electron chi connectivity index (χ4n) is 3.98. The minimum Gasteiger partial charge on any atom is -0.357 e. The Labute approximate surface area is 139 Å². The maximum atomic E-state index is 14.2. The second kappa shape index (κ2) is 5.40. The first-order valence-corrected chi connectivity index (χ1v) is 8.29. The van der Waals surface area contributed by atoms with E-state index in [4.69, 9.17) is 0 Å². The summed E-state index contributed by atoms with van der Waals surface area (Å²) >= 11 is 0. The Morgan fingerprint density at radius 1 is 1.21 bits per heavy atom. The Hall–Kier alpha value is -2.24. The number of aryl methyl sites for hydroxylation is 1. The fourth-order valence-corrected chi connectivity index (χ4v) is 3.98. The van der Waals surface area contributed by atoms with Crippen molar-refractivity contribution in [1.82, 2.24) is 9.88 Å². The van der Waals surface area contributed by atoms with E-state index < -0.39 is 11.6 Å². The lowest BCUT2D eigenvalue weighted by Gasteiger charge is -2.43. The second-order valence-electron chi connectivity index (χ2n) is 6.72. The van der Waals surface area contributed by atoms with Crippen LogP contribution in [0.3, 0.4) is 0 Å². The Morgan fingerprint density at radius 2 is 2.00 bits per heavy atom. The molecule has 2 fully saturated rings. The lowest BCUT2D eigenvalue weighted by molar-refractivity contribution is -0.134. The van der Waals surface area contributed by atoms with Crippen LogP contribution in [0.25, 0.3) is 10.9 Å². The van der Waals surface area contributed by atoms with Crippen molar-refractivity contribution in [2.45, 2.75) is 38.8 Å². The number of amides is 1. The highest BCUT2D eigenvalue weighted by molar-refractivity contribution is 5.96. The predicted octanol–water partition coefficient (Wildman–Crippen LogP) is 3.02. The summed E-state index contributed by atoms with van der Waals surface area (Å²) in [5.41, 5.74) is 1.49. The van der Waals surface area contributed by atoms with Gasteiger partial charge in [0, 0.05) is 42.0 Å². The van der Waals surface area contributed by atoms with Crippen LogP contribution in [0, 0.1) is 18.6 Å². The minimum absolute atomic E-state index is 0.0863. The van der Waals surface area contributed by atoms with Gasteiger partial charge in [0.1, 0.15) is 17.4 Å². The molecule has 1 aromatic heterocycles. The van der Waals surface area contributed by atoms with Crippen molar-refractivity contribution in [3.05, 3.63) is 35.5 Å². The number of halogens is 2. The van der Waals surface area contributed by atoms with E-state index in [1.165, 1.54) is 6.07 Å². The molecule has 6 heteroatoms. The van der Waals surface area contributed by atoms with Gasteiger partial charge in [0.15, 0.2) is 5.82 Å². The molecule has 0 aliphatic carbocycles. The van der Waals surface area contributed by atoms with Gasteiger partial charge >= 0.3 is 0 Å². The third kappa shape index (κ3) is 2.24. The van der Waals surface area contributed by atoms with E-state index in [9.17, 15) is 13.6 Å². The molecule has 3 heterocycles. The van der Waals surface area contributed by atoms with E-state index in [2.05, 4.69) is 4.98 Å². The molecule has 2 aliphatic heterocycles. The van der Waals surface area contributed by atoms with Crippen LogP contribution in [-0.2, 0) is 4.79 Å². The zero-order chi connectivity index (χ0) is 17.0. The molecule has 2 saturated heterocycles. The van der Waals surface area contributed by atoms with Gasteiger partial charge in [-0.2, -0.15) is 0 Å². The zero-order valence-corrected chi connectivity index (χ0v) is 13.7. The molecule has 4 nitrogen and oxygen atoms in total. The monoisotopic (exact) mass is 331 g/mol. The molecular formula is C18H19F2N3O. The predicted molar refractivity (Wildman–Crippen MR) is 87.9 cm³/mol. The van der Waals surface area contributed by atoms with Crippen molar-refractivity contribution >= 4 is 22.5 Å². The molecule has 2 aromatic rings. The van der Waals surface area contributed by atoms with Crippen molar-refractivity contribution in [2.24, 2.45) is 0 Å². The third-order valence-corrected chi connectivity index (χ3v) is 5.14. The van der Waals surface area contributed by atoms with E-state index >= 15 is 0 Å². The van der Waals surface area contributed by atoms with Crippen molar-refractivity contribution in [3.63, 3.8) is 0 Å². The van der Waals surface area contributed by atoms with E-state index in [-0.39, 0.29) is 23.5 Å². The first-order valence-electron chi connectivity index (χ1n) is 8.29. The van der Waals surface area contributed by atoms with Crippen molar-refractivity contribution < 1.29 is 13.6 Å². The van der Waals surface area contributed by atoms with Gasteiger partial charge in [-0.3, -0.25) is 4.79 Å². The van der Waals surface area contributed by atoms with Crippen LogP contribution in [0.5, 0.6) is 0 Å². The van der Waals surface area contributed by atoms with Crippen LogP contribution in [-0.4, -0.2) is 41.0 Å². The van der Waals surface area contributed by atoms with Crippen molar-refractivity contribution in [2.75, 3.05) is 18.0 Å². The number of hydrogen-bond donors (Lipinski definition) is 0. The van der Waals surface area contributed by atoms with E-state index in [0.29, 0.717) is 23.3 Å². The van der Waals surface area contributed by atoms with Crippen LogP contribution in [0.1, 0.15) is 25.5 Å². The highest BCUT2D eigenvalue weighted by atomic mass is 19.1. The third-order valence-electron chi connectivity index (χ3n) is 5.14. The molecule has 2 aliphatic rings. The Kier molecular flexibility index (Phi) is 3.44. The lowest BCUT2D eigenvalue weighted by atomic mass is 10.0. The second-order valence-corrected chi connectivity index (χ2v) is 6.72. The summed E-state index contributed by atoms with van der Waals surface area (Å²) in [7, 11) is 0. The number of rotatable bonds is 1. The smallest absolute Gasteiger partial charge is 0.245 e. The van der Waals surface area contributed by atoms with Gasteiger partial charge in [-0.25, -0.2) is 13.8 Å². The molecule has 2 atom stereocenters. The normalized spacial score (nSPS) is 23.9. The number of fused-ring (bicyclic) bond motifs is 2. The highest BCUT2D eigenvalue weighted by Gasteiger charge is 2.40. The topological polar surface area (TPSA) is 36.4 Å². The molecule has 1 aromatic carbocycles. The van der Waals surface area contributed by atoms with Crippen molar-refractivity contribution in [1.29, 1.82) is 0 Å². The summed E-state index contributed by atoms with van der Waals surface area (Å²) < 4.78 is 27.9. The molecule has 4 rings (SSSR count). The van der Waals surface area contributed by atoms with Gasteiger partial charge < -0.3 is 9.80 Å². The number of hydrogen-bond acceptors (Lipinski definition) is 3. The van der Waals surface area contributed by atoms with E-state index in [1.54, 1.807) is 6.92 Å². The average molecular weight is 331 g/mol. The first-order chi connectivity index (χ1) is 11.5. The first kappa shape index (κ1) is 15.3. The molecule has 0 spiro atoms. The van der Waals surface area contributed by atoms with Crippen LogP contribution in [0.4, 0.5) is 14.5 Å². The summed E-state index contributed by atoms with van der Waals surface area (Å²) in [5.74, 6) is -1.22. The van der Waals surface area contributed by atoms with Gasteiger partial charge in [0.2, 0.25) is 5.91 Å². The number of anilines is 1. The molecular weight excluding hydrogens is 312 g/mol. The Morgan fingerprint density at radius 3 is 2.79 bits per heavy atom. The number of carbonyl (C=O) groups is 1. The summed E-state index contributed by atoms with van der Waals surface area (Å²) in [4.78, 5) is 20.8. The lowest BCUT2D eigenvalue weighted by Crippen LogP contribution is -2.58. The number of carbonyl (C=O) groups excluding carboxylic acids is 1. The Balaban J connectivity index is 1.88. The summed E-state index contributed by atoms with van der Waals surface area (Å²) in [5, 5.41) is 0.421. The maximum absolute atomic E-state index is 14.2. The number of aromatic nitrogens is 1. The van der Waals surface area contributed by atoms with E-state index in [1.807, 2.05) is 22.8 Å².